The van der Waals surface area contributed by atoms with Crippen LogP contribution in [0.15, 0.2) is 0 Å². The Bertz CT molecular complexity index is 248. The molecule has 0 aromatic heterocycles. The molecule has 0 saturated heterocycles. The third kappa shape index (κ3) is 3.67. The van der Waals surface area contributed by atoms with Crippen LogP contribution in [0.4, 0.5) is 4.79 Å². The molecule has 0 spiro atoms. The van der Waals surface area contributed by atoms with Gasteiger partial charge < -0.3 is 15.4 Å². The highest BCUT2D eigenvalue weighted by Crippen LogP contribution is 2.22. The van der Waals surface area contributed by atoms with Crippen LogP contribution in [0.5, 0.6) is 0 Å². The SMILES string of the molecule is CN(C(=O)OC(C)(C)C)C1CCCCC1N. The van der Waals surface area contributed by atoms with Gasteiger partial charge in [0.15, 0.2) is 0 Å². The molecule has 2 N–H and O–H groups in total. The van der Waals surface area contributed by atoms with Crippen LogP contribution in [0.2, 0.25) is 0 Å². The van der Waals surface area contributed by atoms with Crippen LogP contribution in [-0.2, 0) is 4.74 Å². The number of hydrogen-bond donors (Lipinski definition) is 1. The predicted molar refractivity (Wildman–Crippen MR) is 64.2 cm³/mol. The number of ether oxygens (including phenoxy) is 1. The molecular weight excluding hydrogens is 204 g/mol. The maximum atomic E-state index is 11.9. The second kappa shape index (κ2) is 5.04. The summed E-state index contributed by atoms with van der Waals surface area (Å²) in [5.41, 5.74) is 5.59. The average Bonchev–Trinajstić information content (AvgIpc) is 2.15. The van der Waals surface area contributed by atoms with Gasteiger partial charge in [-0.1, -0.05) is 12.8 Å². The van der Waals surface area contributed by atoms with Gasteiger partial charge in [0.25, 0.3) is 0 Å². The van der Waals surface area contributed by atoms with E-state index < -0.39 is 5.60 Å². The Labute approximate surface area is 98.1 Å². The molecule has 0 heterocycles. The first-order chi connectivity index (χ1) is 7.31. The zero-order chi connectivity index (χ0) is 12.3. The molecule has 1 fully saturated rings. The first-order valence-electron chi connectivity index (χ1n) is 6.02. The molecule has 2 unspecified atom stereocenters. The summed E-state index contributed by atoms with van der Waals surface area (Å²) < 4.78 is 5.33. The summed E-state index contributed by atoms with van der Waals surface area (Å²) in [6, 6.07) is 0.217. The number of likely N-dealkylation sites (N-methyl/N-ethyl adjacent to an activating group) is 1. The average molecular weight is 228 g/mol. The van der Waals surface area contributed by atoms with E-state index in [4.69, 9.17) is 10.5 Å². The van der Waals surface area contributed by atoms with E-state index in [1.807, 2.05) is 20.8 Å². The molecule has 16 heavy (non-hydrogen) atoms. The molecule has 2 atom stereocenters. The quantitative estimate of drug-likeness (QED) is 0.748. The molecular formula is C12H24N2O2. The van der Waals surface area contributed by atoms with Crippen LogP contribution < -0.4 is 5.73 Å². The highest BCUT2D eigenvalue weighted by atomic mass is 16.6. The summed E-state index contributed by atoms with van der Waals surface area (Å²) in [7, 11) is 1.78. The van der Waals surface area contributed by atoms with Gasteiger partial charge in [0, 0.05) is 19.1 Å². The van der Waals surface area contributed by atoms with Gasteiger partial charge in [0.1, 0.15) is 5.60 Å². The van der Waals surface area contributed by atoms with E-state index in [0.29, 0.717) is 0 Å². The van der Waals surface area contributed by atoms with E-state index in [1.54, 1.807) is 11.9 Å². The molecule has 1 aliphatic carbocycles. The number of nitrogens with zero attached hydrogens (tertiary/aromatic N) is 1. The van der Waals surface area contributed by atoms with Crippen LogP contribution in [0, 0.1) is 0 Å². The van der Waals surface area contributed by atoms with Crippen LogP contribution in [-0.4, -0.2) is 35.7 Å². The molecule has 0 aliphatic heterocycles. The first kappa shape index (κ1) is 13.3. The molecule has 4 heteroatoms. The lowest BCUT2D eigenvalue weighted by atomic mass is 9.90. The van der Waals surface area contributed by atoms with Crippen LogP contribution in [0.25, 0.3) is 0 Å². The zero-order valence-electron chi connectivity index (χ0n) is 10.8. The van der Waals surface area contributed by atoms with Gasteiger partial charge in [-0.2, -0.15) is 0 Å². The topological polar surface area (TPSA) is 55.6 Å². The van der Waals surface area contributed by atoms with E-state index in [9.17, 15) is 4.79 Å². The molecule has 4 nitrogen and oxygen atoms in total. The number of carbonyl (C=O) groups is 1. The number of carbonyl (C=O) groups excluding carboxylic acids is 1. The molecule has 1 rings (SSSR count). The molecule has 0 radical (unpaired) electrons. The summed E-state index contributed by atoms with van der Waals surface area (Å²) in [6.07, 6.45) is 4.02. The summed E-state index contributed by atoms with van der Waals surface area (Å²) in [5, 5.41) is 0. The van der Waals surface area contributed by atoms with Gasteiger partial charge >= 0.3 is 6.09 Å². The predicted octanol–water partition coefficient (Wildman–Crippen LogP) is 2.12. The fourth-order valence-electron chi connectivity index (χ4n) is 2.09. The van der Waals surface area contributed by atoms with Crippen molar-refractivity contribution < 1.29 is 9.53 Å². The largest absolute Gasteiger partial charge is 0.444 e. The number of amides is 1. The van der Waals surface area contributed by atoms with Crippen molar-refractivity contribution in [2.75, 3.05) is 7.05 Å². The van der Waals surface area contributed by atoms with E-state index in [-0.39, 0.29) is 18.2 Å². The highest BCUT2D eigenvalue weighted by molar-refractivity contribution is 5.68. The van der Waals surface area contributed by atoms with Gasteiger partial charge in [-0.3, -0.25) is 0 Å². The molecule has 1 amide bonds. The lowest BCUT2D eigenvalue weighted by Crippen LogP contribution is -2.51. The van der Waals surface area contributed by atoms with E-state index in [0.717, 1.165) is 19.3 Å². The number of nitrogens with two attached hydrogens (primary N) is 1. The first-order valence-corrected chi connectivity index (χ1v) is 6.02. The van der Waals surface area contributed by atoms with Crippen LogP contribution in [0.1, 0.15) is 46.5 Å². The Kier molecular flexibility index (Phi) is 4.19. The molecule has 1 saturated carbocycles. The second-order valence-electron chi connectivity index (χ2n) is 5.61. The monoisotopic (exact) mass is 228 g/mol. The van der Waals surface area contributed by atoms with Gasteiger partial charge in [0.05, 0.1) is 0 Å². The van der Waals surface area contributed by atoms with E-state index in [2.05, 4.69) is 0 Å². The van der Waals surface area contributed by atoms with Crippen molar-refractivity contribution in [2.24, 2.45) is 5.73 Å². The second-order valence-corrected chi connectivity index (χ2v) is 5.61. The summed E-state index contributed by atoms with van der Waals surface area (Å²) >= 11 is 0. The van der Waals surface area contributed by atoms with Gasteiger partial charge in [0.2, 0.25) is 0 Å². The third-order valence-corrected chi connectivity index (χ3v) is 2.96. The van der Waals surface area contributed by atoms with Crippen molar-refractivity contribution in [3.8, 4) is 0 Å². The fraction of sp³-hybridized carbons (Fsp3) is 0.917. The Morgan fingerprint density at radius 3 is 2.38 bits per heavy atom. The van der Waals surface area contributed by atoms with Crippen molar-refractivity contribution >= 4 is 6.09 Å². The van der Waals surface area contributed by atoms with Crippen molar-refractivity contribution in [3.63, 3.8) is 0 Å². The molecule has 0 aromatic carbocycles. The van der Waals surface area contributed by atoms with Crippen molar-refractivity contribution in [3.05, 3.63) is 0 Å². The fourth-order valence-corrected chi connectivity index (χ4v) is 2.09. The molecule has 94 valence electrons. The van der Waals surface area contributed by atoms with Crippen molar-refractivity contribution in [1.82, 2.24) is 4.90 Å². The lowest BCUT2D eigenvalue weighted by Gasteiger charge is -2.36. The van der Waals surface area contributed by atoms with Gasteiger partial charge in [-0.15, -0.1) is 0 Å². The lowest BCUT2D eigenvalue weighted by molar-refractivity contribution is 0.0167. The Morgan fingerprint density at radius 2 is 1.88 bits per heavy atom. The van der Waals surface area contributed by atoms with Crippen molar-refractivity contribution in [2.45, 2.75) is 64.1 Å². The molecule has 0 bridgehead atoms. The standard InChI is InChI=1S/C12H24N2O2/c1-12(2,3)16-11(15)14(4)10-8-6-5-7-9(10)13/h9-10H,5-8,13H2,1-4H3. The minimum atomic E-state index is -0.440. The molecule has 0 aromatic rings. The number of hydrogen-bond acceptors (Lipinski definition) is 3. The summed E-state index contributed by atoms with van der Waals surface area (Å²) in [6.45, 7) is 5.62. The van der Waals surface area contributed by atoms with Gasteiger partial charge in [-0.05, 0) is 33.6 Å². The van der Waals surface area contributed by atoms with Gasteiger partial charge in [-0.25, -0.2) is 4.79 Å². The minimum absolute atomic E-state index is 0.0891. The Hall–Kier alpha value is -0.770. The smallest absolute Gasteiger partial charge is 0.410 e. The summed E-state index contributed by atoms with van der Waals surface area (Å²) in [4.78, 5) is 13.5. The van der Waals surface area contributed by atoms with Crippen LogP contribution >= 0.6 is 0 Å². The molecule has 1 aliphatic rings. The highest BCUT2D eigenvalue weighted by Gasteiger charge is 2.30. The Morgan fingerprint density at radius 1 is 1.31 bits per heavy atom. The maximum absolute atomic E-state index is 11.9. The zero-order valence-corrected chi connectivity index (χ0v) is 10.8. The normalized spacial score (nSPS) is 26.3. The maximum Gasteiger partial charge on any atom is 0.410 e. The Balaban J connectivity index is 2.55. The third-order valence-electron chi connectivity index (χ3n) is 2.96. The minimum Gasteiger partial charge on any atom is -0.444 e. The van der Waals surface area contributed by atoms with Crippen LogP contribution in [0.3, 0.4) is 0 Å². The van der Waals surface area contributed by atoms with Crippen molar-refractivity contribution in [1.29, 1.82) is 0 Å². The number of rotatable bonds is 1. The van der Waals surface area contributed by atoms with E-state index >= 15 is 0 Å². The summed E-state index contributed by atoms with van der Waals surface area (Å²) in [5.74, 6) is 0. The van der Waals surface area contributed by atoms with E-state index in [1.165, 1.54) is 6.42 Å².